The topological polar surface area (TPSA) is 48.4 Å². The Hall–Kier alpha value is -1.88. The van der Waals surface area contributed by atoms with E-state index in [1.54, 1.807) is 20.4 Å². The quantitative estimate of drug-likeness (QED) is 0.781. The number of nitrogens with zero attached hydrogens (tertiary/aromatic N) is 1. The largest absolute Gasteiger partial charge is 0.493 e. The first kappa shape index (κ1) is 11.6. The molecule has 0 unspecified atom stereocenters. The van der Waals surface area contributed by atoms with Gasteiger partial charge in [-0.15, -0.1) is 11.3 Å². The fourth-order valence-electron chi connectivity index (χ4n) is 1.52. The van der Waals surface area contributed by atoms with Crippen LogP contribution in [0.4, 0.5) is 0 Å². The van der Waals surface area contributed by atoms with Gasteiger partial charge in [-0.05, 0) is 12.1 Å². The van der Waals surface area contributed by atoms with E-state index in [-0.39, 0.29) is 0 Å². The molecule has 0 fully saturated rings. The number of carbonyl (C=O) groups is 1. The molecule has 0 saturated heterocycles. The molecule has 2 aromatic rings. The average Bonchev–Trinajstić information content (AvgIpc) is 2.86. The Labute approximate surface area is 103 Å². The lowest BCUT2D eigenvalue weighted by atomic mass is 10.2. The van der Waals surface area contributed by atoms with Crippen molar-refractivity contribution in [2.24, 2.45) is 0 Å². The second-order valence-corrected chi connectivity index (χ2v) is 4.29. The van der Waals surface area contributed by atoms with Gasteiger partial charge in [0.1, 0.15) is 5.01 Å². The van der Waals surface area contributed by atoms with Crippen molar-refractivity contribution in [3.8, 4) is 22.1 Å². The number of aromatic nitrogens is 1. The highest BCUT2D eigenvalue weighted by Crippen LogP contribution is 2.38. The van der Waals surface area contributed by atoms with Crippen LogP contribution in [0.1, 0.15) is 9.67 Å². The minimum Gasteiger partial charge on any atom is -0.493 e. The van der Waals surface area contributed by atoms with Gasteiger partial charge in [0.15, 0.2) is 17.8 Å². The molecular weight excluding hydrogens is 238 g/mol. The van der Waals surface area contributed by atoms with E-state index in [9.17, 15) is 4.79 Å². The number of aldehydes is 1. The monoisotopic (exact) mass is 249 g/mol. The van der Waals surface area contributed by atoms with E-state index < -0.39 is 0 Å². The van der Waals surface area contributed by atoms with Gasteiger partial charge < -0.3 is 9.47 Å². The molecule has 1 aromatic heterocycles. The summed E-state index contributed by atoms with van der Waals surface area (Å²) < 4.78 is 10.5. The first-order valence-electron chi connectivity index (χ1n) is 4.92. The van der Waals surface area contributed by atoms with Gasteiger partial charge >= 0.3 is 0 Å². The van der Waals surface area contributed by atoms with Crippen LogP contribution in [0, 0.1) is 0 Å². The number of hydrogen-bond acceptors (Lipinski definition) is 5. The molecule has 0 aliphatic carbocycles. The number of thiazole rings is 1. The maximum Gasteiger partial charge on any atom is 0.170 e. The molecule has 0 bridgehead atoms. The third-order valence-electron chi connectivity index (χ3n) is 2.27. The maximum absolute atomic E-state index is 10.6. The van der Waals surface area contributed by atoms with E-state index in [0.717, 1.165) is 16.9 Å². The molecule has 0 aliphatic heterocycles. The van der Waals surface area contributed by atoms with Crippen LogP contribution in [0.2, 0.25) is 0 Å². The average molecular weight is 249 g/mol. The lowest BCUT2D eigenvalue weighted by Gasteiger charge is -2.10. The van der Waals surface area contributed by atoms with Crippen molar-refractivity contribution in [2.75, 3.05) is 14.2 Å². The molecule has 0 saturated carbocycles. The Morgan fingerprint density at radius 1 is 1.29 bits per heavy atom. The summed E-state index contributed by atoms with van der Waals surface area (Å²) in [5.74, 6) is 1.27. The van der Waals surface area contributed by atoms with E-state index in [0.29, 0.717) is 16.4 Å². The summed E-state index contributed by atoms with van der Waals surface area (Å²) in [5, 5.41) is 0.739. The van der Waals surface area contributed by atoms with Gasteiger partial charge in [0.05, 0.1) is 24.7 Å². The minimum absolute atomic E-state index is 0.588. The predicted molar refractivity (Wildman–Crippen MR) is 66.0 cm³/mol. The molecule has 0 spiro atoms. The molecule has 5 heteroatoms. The minimum atomic E-state index is 0.588. The lowest BCUT2D eigenvalue weighted by molar-refractivity contribution is 0.112. The van der Waals surface area contributed by atoms with Gasteiger partial charge in [-0.2, -0.15) is 0 Å². The Bertz CT molecular complexity index is 536. The highest BCUT2D eigenvalue weighted by molar-refractivity contribution is 7.16. The molecule has 2 rings (SSSR count). The number of ether oxygens (including phenoxy) is 2. The van der Waals surface area contributed by atoms with E-state index in [2.05, 4.69) is 4.98 Å². The van der Waals surface area contributed by atoms with Crippen LogP contribution in [-0.4, -0.2) is 25.5 Å². The van der Waals surface area contributed by atoms with Crippen molar-refractivity contribution in [2.45, 2.75) is 0 Å². The molecule has 88 valence electrons. The Morgan fingerprint density at radius 3 is 2.71 bits per heavy atom. The van der Waals surface area contributed by atoms with E-state index >= 15 is 0 Å². The van der Waals surface area contributed by atoms with Crippen molar-refractivity contribution in [3.63, 3.8) is 0 Å². The van der Waals surface area contributed by atoms with Crippen LogP contribution < -0.4 is 9.47 Å². The summed E-state index contributed by atoms with van der Waals surface area (Å²) in [6.07, 6.45) is 2.33. The van der Waals surface area contributed by atoms with Crippen LogP contribution in [0.5, 0.6) is 11.5 Å². The SMILES string of the molecule is COc1cccc(-c2ncc(C=O)s2)c1OC. The number of para-hydroxylation sites is 1. The maximum atomic E-state index is 10.6. The van der Waals surface area contributed by atoms with Crippen LogP contribution in [-0.2, 0) is 0 Å². The Kier molecular flexibility index (Phi) is 3.39. The second kappa shape index (κ2) is 4.97. The Morgan fingerprint density at radius 2 is 2.12 bits per heavy atom. The van der Waals surface area contributed by atoms with Crippen molar-refractivity contribution >= 4 is 17.6 Å². The fourth-order valence-corrected chi connectivity index (χ4v) is 2.27. The van der Waals surface area contributed by atoms with Gasteiger partial charge in [0, 0.05) is 6.20 Å². The first-order chi connectivity index (χ1) is 8.30. The smallest absolute Gasteiger partial charge is 0.170 e. The summed E-state index contributed by atoms with van der Waals surface area (Å²) >= 11 is 1.32. The van der Waals surface area contributed by atoms with Crippen LogP contribution >= 0.6 is 11.3 Å². The van der Waals surface area contributed by atoms with Gasteiger partial charge in [-0.25, -0.2) is 4.98 Å². The van der Waals surface area contributed by atoms with Crippen molar-refractivity contribution < 1.29 is 14.3 Å². The number of benzene rings is 1. The molecule has 0 N–H and O–H groups in total. The van der Waals surface area contributed by atoms with Gasteiger partial charge in [0.2, 0.25) is 0 Å². The third-order valence-corrected chi connectivity index (χ3v) is 3.23. The van der Waals surface area contributed by atoms with Gasteiger partial charge in [-0.3, -0.25) is 4.79 Å². The van der Waals surface area contributed by atoms with Gasteiger partial charge in [-0.1, -0.05) is 6.07 Å². The van der Waals surface area contributed by atoms with Crippen molar-refractivity contribution in [1.29, 1.82) is 0 Å². The lowest BCUT2D eigenvalue weighted by Crippen LogP contribution is -1.92. The Balaban J connectivity index is 2.54. The van der Waals surface area contributed by atoms with Gasteiger partial charge in [0.25, 0.3) is 0 Å². The normalized spacial score (nSPS) is 10.0. The number of carbonyl (C=O) groups excluding carboxylic acids is 1. The molecule has 17 heavy (non-hydrogen) atoms. The molecule has 0 atom stereocenters. The highest BCUT2D eigenvalue weighted by atomic mass is 32.1. The zero-order valence-electron chi connectivity index (χ0n) is 9.47. The molecule has 4 nitrogen and oxygen atoms in total. The summed E-state index contributed by atoms with van der Waals surface area (Å²) in [6.45, 7) is 0. The zero-order valence-corrected chi connectivity index (χ0v) is 10.3. The zero-order chi connectivity index (χ0) is 12.3. The number of hydrogen-bond donors (Lipinski definition) is 0. The summed E-state index contributed by atoms with van der Waals surface area (Å²) in [4.78, 5) is 15.4. The molecular formula is C12H11NO3S. The molecule has 0 amide bonds. The number of methoxy groups -OCH3 is 2. The van der Waals surface area contributed by atoms with Crippen LogP contribution in [0.25, 0.3) is 10.6 Å². The molecule has 1 heterocycles. The summed E-state index contributed by atoms with van der Waals surface area (Å²) in [7, 11) is 3.16. The standard InChI is InChI=1S/C12H11NO3S/c1-15-10-5-3-4-9(11(10)16-2)12-13-6-8(7-14)17-12/h3-7H,1-2H3. The molecule has 0 aliphatic rings. The van der Waals surface area contributed by atoms with Crippen molar-refractivity contribution in [3.05, 3.63) is 29.3 Å². The van der Waals surface area contributed by atoms with E-state index in [1.807, 2.05) is 18.2 Å². The van der Waals surface area contributed by atoms with E-state index in [1.165, 1.54) is 11.3 Å². The fraction of sp³-hybridized carbons (Fsp3) is 0.167. The second-order valence-electron chi connectivity index (χ2n) is 3.23. The highest BCUT2D eigenvalue weighted by Gasteiger charge is 2.14. The first-order valence-corrected chi connectivity index (χ1v) is 5.74. The summed E-state index contributed by atoms with van der Waals surface area (Å²) in [6, 6.07) is 5.56. The molecule has 0 radical (unpaired) electrons. The predicted octanol–water partition coefficient (Wildman–Crippen LogP) is 2.64. The number of rotatable bonds is 4. The molecule has 1 aromatic carbocycles. The van der Waals surface area contributed by atoms with E-state index in [4.69, 9.17) is 9.47 Å². The van der Waals surface area contributed by atoms with Crippen LogP contribution in [0.15, 0.2) is 24.4 Å². The van der Waals surface area contributed by atoms with Crippen molar-refractivity contribution in [1.82, 2.24) is 4.98 Å². The third kappa shape index (κ3) is 2.14. The van der Waals surface area contributed by atoms with Crippen LogP contribution in [0.3, 0.4) is 0 Å². The summed E-state index contributed by atoms with van der Waals surface area (Å²) in [5.41, 5.74) is 0.824.